The number of benzene rings is 2. The largest absolute Gasteiger partial charge is 0.454 e. The van der Waals surface area contributed by atoms with E-state index in [9.17, 15) is 18.4 Å². The van der Waals surface area contributed by atoms with Crippen LogP contribution < -0.4 is 0 Å². The van der Waals surface area contributed by atoms with Crippen molar-refractivity contribution in [1.82, 2.24) is 5.16 Å². The Hall–Kier alpha value is -3.00. The van der Waals surface area contributed by atoms with Crippen LogP contribution >= 0.6 is 11.8 Å². The lowest BCUT2D eigenvalue weighted by Crippen LogP contribution is -2.16. The molecule has 144 valence electrons. The van der Waals surface area contributed by atoms with Gasteiger partial charge in [-0.2, -0.15) is 0 Å². The Morgan fingerprint density at radius 3 is 2.61 bits per heavy atom. The van der Waals surface area contributed by atoms with Crippen molar-refractivity contribution >= 4 is 23.5 Å². The second kappa shape index (κ2) is 8.79. The molecule has 0 saturated carbocycles. The van der Waals surface area contributed by atoms with Crippen LogP contribution in [0.5, 0.6) is 0 Å². The van der Waals surface area contributed by atoms with E-state index in [0.29, 0.717) is 22.5 Å². The number of Topliss-reactive ketones (excluding diaryl/α,β-unsaturated/α-hetero) is 1. The van der Waals surface area contributed by atoms with Crippen molar-refractivity contribution in [1.29, 1.82) is 0 Å². The monoisotopic (exact) mass is 403 g/mol. The summed E-state index contributed by atoms with van der Waals surface area (Å²) in [7, 11) is 0. The highest BCUT2D eigenvalue weighted by molar-refractivity contribution is 7.98. The lowest BCUT2D eigenvalue weighted by atomic mass is 10.1. The molecule has 0 atom stereocenters. The van der Waals surface area contributed by atoms with E-state index in [1.165, 1.54) is 11.8 Å². The van der Waals surface area contributed by atoms with E-state index >= 15 is 0 Å². The number of halogens is 2. The van der Waals surface area contributed by atoms with Gasteiger partial charge >= 0.3 is 5.97 Å². The smallest absolute Gasteiger partial charge is 0.339 e. The molecule has 0 spiro atoms. The number of thioether (sulfide) groups is 1. The van der Waals surface area contributed by atoms with Gasteiger partial charge in [0, 0.05) is 17.0 Å². The Bertz CT molecular complexity index is 1020. The molecule has 0 aliphatic rings. The zero-order chi connectivity index (χ0) is 20.1. The summed E-state index contributed by atoms with van der Waals surface area (Å²) in [5.74, 6) is -2.14. The molecule has 28 heavy (non-hydrogen) atoms. The highest BCUT2D eigenvalue weighted by Gasteiger charge is 2.18. The van der Waals surface area contributed by atoms with Crippen LogP contribution in [0.1, 0.15) is 32.2 Å². The van der Waals surface area contributed by atoms with Gasteiger partial charge in [0.05, 0.1) is 22.6 Å². The molecule has 2 aromatic carbocycles. The van der Waals surface area contributed by atoms with E-state index in [4.69, 9.17) is 9.26 Å². The summed E-state index contributed by atoms with van der Waals surface area (Å²) in [6.07, 6.45) is 0. The van der Waals surface area contributed by atoms with E-state index < -0.39 is 30.0 Å². The van der Waals surface area contributed by atoms with Gasteiger partial charge < -0.3 is 9.26 Å². The third-order valence-corrected chi connectivity index (χ3v) is 4.82. The van der Waals surface area contributed by atoms with Crippen LogP contribution in [-0.2, 0) is 10.5 Å². The minimum atomic E-state index is -1.00. The molecule has 5 nitrogen and oxygen atoms in total. The lowest BCUT2D eigenvalue weighted by Gasteiger charge is -2.09. The zero-order valence-electron chi connectivity index (χ0n) is 14.8. The van der Waals surface area contributed by atoms with Crippen molar-refractivity contribution in [3.05, 3.63) is 82.7 Å². The van der Waals surface area contributed by atoms with Crippen LogP contribution in [0.2, 0.25) is 0 Å². The first-order valence-electron chi connectivity index (χ1n) is 8.23. The molecule has 0 unspecified atom stereocenters. The molecule has 0 aliphatic carbocycles. The summed E-state index contributed by atoms with van der Waals surface area (Å²) >= 11 is 1.36. The SMILES string of the molecule is Cc1cc(CSc2ccccc2C(=O)OCC(=O)c2ccc(F)cc2F)on1. The Morgan fingerprint density at radius 1 is 1.11 bits per heavy atom. The average Bonchev–Trinajstić information content (AvgIpc) is 3.09. The summed E-state index contributed by atoms with van der Waals surface area (Å²) in [5, 5.41) is 3.81. The number of esters is 1. The molecule has 8 heteroatoms. The molecule has 1 aromatic heterocycles. The maximum Gasteiger partial charge on any atom is 0.339 e. The van der Waals surface area contributed by atoms with Crippen LogP contribution in [0.25, 0.3) is 0 Å². The van der Waals surface area contributed by atoms with Crippen molar-refractivity contribution in [3.63, 3.8) is 0 Å². The first kappa shape index (κ1) is 19.8. The third kappa shape index (κ3) is 4.83. The first-order chi connectivity index (χ1) is 13.4. The number of ketones is 1. The average molecular weight is 403 g/mol. The lowest BCUT2D eigenvalue weighted by molar-refractivity contribution is 0.0470. The normalized spacial score (nSPS) is 10.7. The maximum absolute atomic E-state index is 13.7. The van der Waals surface area contributed by atoms with Crippen molar-refractivity contribution in [2.24, 2.45) is 0 Å². The van der Waals surface area contributed by atoms with Crippen LogP contribution in [-0.4, -0.2) is 23.5 Å². The fourth-order valence-corrected chi connectivity index (χ4v) is 3.31. The van der Waals surface area contributed by atoms with E-state index in [0.717, 1.165) is 17.8 Å². The number of carbonyl (C=O) groups excluding carboxylic acids is 2. The second-order valence-electron chi connectivity index (χ2n) is 5.84. The summed E-state index contributed by atoms with van der Waals surface area (Å²) in [6.45, 7) is 1.16. The molecular formula is C20H15F2NO4S. The number of hydrogen-bond acceptors (Lipinski definition) is 6. The minimum absolute atomic E-state index is 0.274. The fourth-order valence-electron chi connectivity index (χ4n) is 2.40. The Labute approximate surface area is 163 Å². The van der Waals surface area contributed by atoms with Gasteiger partial charge in [0.15, 0.2) is 6.61 Å². The summed E-state index contributed by atoms with van der Waals surface area (Å²) in [6, 6.07) is 11.1. The second-order valence-corrected chi connectivity index (χ2v) is 6.86. The topological polar surface area (TPSA) is 69.4 Å². The number of ether oxygens (including phenoxy) is 1. The van der Waals surface area contributed by atoms with Crippen molar-refractivity contribution in [2.75, 3.05) is 6.61 Å². The van der Waals surface area contributed by atoms with Gasteiger partial charge in [0.2, 0.25) is 5.78 Å². The first-order valence-corrected chi connectivity index (χ1v) is 9.22. The van der Waals surface area contributed by atoms with E-state index in [1.807, 2.05) is 6.92 Å². The van der Waals surface area contributed by atoms with Gasteiger partial charge in [-0.15, -0.1) is 11.8 Å². The summed E-state index contributed by atoms with van der Waals surface area (Å²) in [5.41, 5.74) is 0.698. The number of hydrogen-bond donors (Lipinski definition) is 0. The highest BCUT2D eigenvalue weighted by Crippen LogP contribution is 2.27. The number of nitrogens with zero attached hydrogens (tertiary/aromatic N) is 1. The van der Waals surface area contributed by atoms with Crippen molar-refractivity contribution in [3.8, 4) is 0 Å². The fraction of sp³-hybridized carbons (Fsp3) is 0.150. The van der Waals surface area contributed by atoms with Gasteiger partial charge in [-0.05, 0) is 31.2 Å². The Balaban J connectivity index is 1.64. The van der Waals surface area contributed by atoms with Gasteiger partial charge in [0.25, 0.3) is 0 Å². The molecule has 3 aromatic rings. The molecule has 0 N–H and O–H groups in total. The number of aryl methyl sites for hydroxylation is 1. The minimum Gasteiger partial charge on any atom is -0.454 e. The van der Waals surface area contributed by atoms with Gasteiger partial charge in [-0.25, -0.2) is 13.6 Å². The number of carbonyl (C=O) groups is 2. The zero-order valence-corrected chi connectivity index (χ0v) is 15.6. The molecule has 0 aliphatic heterocycles. The predicted molar refractivity (Wildman–Crippen MR) is 98.2 cm³/mol. The van der Waals surface area contributed by atoms with Crippen LogP contribution in [0, 0.1) is 18.6 Å². The summed E-state index contributed by atoms with van der Waals surface area (Å²) in [4.78, 5) is 25.1. The summed E-state index contributed by atoms with van der Waals surface area (Å²) < 4.78 is 36.8. The van der Waals surface area contributed by atoms with E-state index in [-0.39, 0.29) is 11.1 Å². The standard InChI is InChI=1S/C20H15F2NO4S/c1-12-8-14(27-23-12)11-28-19-5-3-2-4-16(19)20(25)26-10-18(24)15-7-6-13(21)9-17(15)22/h2-9H,10-11H2,1H3. The van der Waals surface area contributed by atoms with Gasteiger partial charge in [-0.1, -0.05) is 17.3 Å². The molecule has 0 bridgehead atoms. The number of rotatable bonds is 7. The van der Waals surface area contributed by atoms with E-state index in [1.54, 1.807) is 30.3 Å². The van der Waals surface area contributed by atoms with Gasteiger partial charge in [0.1, 0.15) is 17.4 Å². The molecular weight excluding hydrogens is 388 g/mol. The quantitative estimate of drug-likeness (QED) is 0.326. The van der Waals surface area contributed by atoms with Crippen molar-refractivity contribution in [2.45, 2.75) is 17.6 Å². The van der Waals surface area contributed by atoms with E-state index in [2.05, 4.69) is 5.16 Å². The molecule has 0 radical (unpaired) electrons. The molecule has 0 saturated heterocycles. The van der Waals surface area contributed by atoms with Crippen molar-refractivity contribution < 1.29 is 27.6 Å². The molecule has 1 heterocycles. The highest BCUT2D eigenvalue weighted by atomic mass is 32.2. The Morgan fingerprint density at radius 2 is 1.89 bits per heavy atom. The van der Waals surface area contributed by atoms with Crippen LogP contribution in [0.4, 0.5) is 8.78 Å². The van der Waals surface area contributed by atoms with Gasteiger partial charge in [-0.3, -0.25) is 4.79 Å². The van der Waals surface area contributed by atoms with Crippen LogP contribution in [0.15, 0.2) is 57.9 Å². The Kier molecular flexibility index (Phi) is 6.20. The third-order valence-electron chi connectivity index (χ3n) is 3.72. The molecule has 0 fully saturated rings. The maximum atomic E-state index is 13.7. The predicted octanol–water partition coefficient (Wildman–Crippen LogP) is 4.59. The molecule has 0 amide bonds. The number of aromatic nitrogens is 1. The van der Waals surface area contributed by atoms with Crippen LogP contribution in [0.3, 0.4) is 0 Å². The molecule has 3 rings (SSSR count).